The molecule has 2 unspecified atom stereocenters. The Morgan fingerprint density at radius 3 is 2.67 bits per heavy atom. The summed E-state index contributed by atoms with van der Waals surface area (Å²) in [6.45, 7) is 0. The Kier molecular flexibility index (Phi) is 4.25. The van der Waals surface area contributed by atoms with Gasteiger partial charge < -0.3 is 9.47 Å². The Morgan fingerprint density at radius 2 is 1.94 bits per heavy atom. The zero-order valence-electron chi connectivity index (χ0n) is 10.2. The smallest absolute Gasteiger partial charge is 0.429 e. The molecule has 1 fully saturated rings. The quantitative estimate of drug-likeness (QED) is 0.454. The average molecular weight is 244 g/mol. The molecule has 0 bridgehead atoms. The van der Waals surface area contributed by atoms with Crippen molar-refractivity contribution < 1.29 is 14.3 Å². The van der Waals surface area contributed by atoms with Crippen LogP contribution in [0, 0.1) is 18.3 Å². The van der Waals surface area contributed by atoms with Gasteiger partial charge in [0, 0.05) is 0 Å². The molecular formula is C15H16O3. The molecule has 0 saturated heterocycles. The van der Waals surface area contributed by atoms with E-state index in [4.69, 9.17) is 15.9 Å². The molecule has 1 aromatic rings. The molecule has 18 heavy (non-hydrogen) atoms. The molecule has 0 aliphatic heterocycles. The molecule has 0 heterocycles. The van der Waals surface area contributed by atoms with Crippen molar-refractivity contribution in [2.75, 3.05) is 0 Å². The summed E-state index contributed by atoms with van der Waals surface area (Å²) in [6, 6.07) is 8.87. The van der Waals surface area contributed by atoms with E-state index in [1.807, 2.05) is 6.07 Å². The Balaban J connectivity index is 1.89. The summed E-state index contributed by atoms with van der Waals surface area (Å²) in [5, 5.41) is 0. The SMILES string of the molecule is C#CC1CCCCC1OC(=O)Oc1ccccc1. The van der Waals surface area contributed by atoms with Crippen molar-refractivity contribution in [2.45, 2.75) is 31.8 Å². The lowest BCUT2D eigenvalue weighted by Crippen LogP contribution is -2.30. The highest BCUT2D eigenvalue weighted by Gasteiger charge is 2.27. The molecular weight excluding hydrogens is 228 g/mol. The standard InChI is InChI=1S/C15H16O3/c1-2-12-8-6-7-11-14(12)18-15(16)17-13-9-4-3-5-10-13/h1,3-5,9-10,12,14H,6-8,11H2. The van der Waals surface area contributed by atoms with Crippen LogP contribution in [0.4, 0.5) is 4.79 Å². The van der Waals surface area contributed by atoms with Crippen molar-refractivity contribution >= 4 is 6.16 Å². The van der Waals surface area contributed by atoms with Crippen LogP contribution < -0.4 is 4.74 Å². The Bertz CT molecular complexity index is 433. The average Bonchev–Trinajstić information content (AvgIpc) is 2.40. The summed E-state index contributed by atoms with van der Waals surface area (Å²) in [5.74, 6) is 3.19. The number of benzene rings is 1. The fraction of sp³-hybridized carbons (Fsp3) is 0.400. The van der Waals surface area contributed by atoms with Gasteiger partial charge in [0.15, 0.2) is 0 Å². The molecule has 3 heteroatoms. The van der Waals surface area contributed by atoms with Crippen LogP contribution >= 0.6 is 0 Å². The molecule has 1 aromatic carbocycles. The van der Waals surface area contributed by atoms with Crippen LogP contribution in [0.2, 0.25) is 0 Å². The summed E-state index contributed by atoms with van der Waals surface area (Å²) < 4.78 is 10.4. The second kappa shape index (κ2) is 6.11. The molecule has 1 saturated carbocycles. The lowest BCUT2D eigenvalue weighted by molar-refractivity contribution is 0.0255. The maximum atomic E-state index is 11.6. The van der Waals surface area contributed by atoms with E-state index in [9.17, 15) is 4.79 Å². The third-order valence-corrected chi connectivity index (χ3v) is 3.11. The fourth-order valence-corrected chi connectivity index (χ4v) is 2.16. The van der Waals surface area contributed by atoms with E-state index in [0.717, 1.165) is 25.7 Å². The molecule has 1 aliphatic rings. The Hall–Kier alpha value is -1.95. The van der Waals surface area contributed by atoms with Crippen molar-refractivity contribution in [3.8, 4) is 18.1 Å². The molecule has 2 atom stereocenters. The zero-order chi connectivity index (χ0) is 12.8. The van der Waals surface area contributed by atoms with E-state index in [1.165, 1.54) is 0 Å². The number of ether oxygens (including phenoxy) is 2. The van der Waals surface area contributed by atoms with E-state index < -0.39 is 6.16 Å². The molecule has 0 radical (unpaired) electrons. The first-order chi connectivity index (χ1) is 8.79. The fourth-order valence-electron chi connectivity index (χ4n) is 2.16. The molecule has 0 aromatic heterocycles. The third-order valence-electron chi connectivity index (χ3n) is 3.11. The van der Waals surface area contributed by atoms with Gasteiger partial charge in [-0.3, -0.25) is 0 Å². The van der Waals surface area contributed by atoms with Crippen molar-refractivity contribution in [1.29, 1.82) is 0 Å². The van der Waals surface area contributed by atoms with Gasteiger partial charge in [-0.2, -0.15) is 0 Å². The molecule has 0 N–H and O–H groups in total. The normalized spacial score (nSPS) is 22.8. The molecule has 2 rings (SSSR count). The predicted octanol–water partition coefficient (Wildman–Crippen LogP) is 3.39. The van der Waals surface area contributed by atoms with Crippen molar-refractivity contribution in [3.05, 3.63) is 30.3 Å². The van der Waals surface area contributed by atoms with Gasteiger partial charge >= 0.3 is 6.16 Å². The van der Waals surface area contributed by atoms with Gasteiger partial charge in [0.25, 0.3) is 0 Å². The number of rotatable bonds is 2. The number of carbonyl (C=O) groups excluding carboxylic acids is 1. The van der Waals surface area contributed by atoms with Gasteiger partial charge in [0.05, 0.1) is 5.92 Å². The van der Waals surface area contributed by atoms with E-state index in [-0.39, 0.29) is 12.0 Å². The monoisotopic (exact) mass is 244 g/mol. The summed E-state index contributed by atoms with van der Waals surface area (Å²) >= 11 is 0. The maximum absolute atomic E-state index is 11.6. The van der Waals surface area contributed by atoms with Crippen molar-refractivity contribution in [3.63, 3.8) is 0 Å². The summed E-state index contributed by atoms with van der Waals surface area (Å²) in [5.41, 5.74) is 0. The molecule has 1 aliphatic carbocycles. The highest BCUT2D eigenvalue weighted by Crippen LogP contribution is 2.26. The molecule has 94 valence electrons. The van der Waals surface area contributed by atoms with E-state index in [1.54, 1.807) is 24.3 Å². The Labute approximate surface area is 107 Å². The predicted molar refractivity (Wildman–Crippen MR) is 68.1 cm³/mol. The summed E-state index contributed by atoms with van der Waals surface area (Å²) in [7, 11) is 0. The first-order valence-electron chi connectivity index (χ1n) is 6.19. The number of hydrogen-bond donors (Lipinski definition) is 0. The van der Waals surface area contributed by atoms with Crippen LogP contribution in [0.5, 0.6) is 5.75 Å². The topological polar surface area (TPSA) is 35.5 Å². The lowest BCUT2D eigenvalue weighted by atomic mass is 9.87. The van der Waals surface area contributed by atoms with Gasteiger partial charge in [-0.25, -0.2) is 4.79 Å². The van der Waals surface area contributed by atoms with Crippen molar-refractivity contribution in [2.24, 2.45) is 5.92 Å². The highest BCUT2D eigenvalue weighted by atomic mass is 16.7. The minimum atomic E-state index is -0.673. The zero-order valence-corrected chi connectivity index (χ0v) is 10.2. The highest BCUT2D eigenvalue weighted by molar-refractivity contribution is 5.64. The first-order valence-corrected chi connectivity index (χ1v) is 6.19. The minimum absolute atomic E-state index is 0.0158. The molecule has 3 nitrogen and oxygen atoms in total. The van der Waals surface area contributed by atoms with Crippen LogP contribution in [0.25, 0.3) is 0 Å². The van der Waals surface area contributed by atoms with E-state index in [2.05, 4.69) is 5.92 Å². The van der Waals surface area contributed by atoms with Gasteiger partial charge in [0.1, 0.15) is 11.9 Å². The van der Waals surface area contributed by atoms with Gasteiger partial charge in [-0.05, 0) is 31.4 Å². The number of para-hydroxylation sites is 1. The van der Waals surface area contributed by atoms with Gasteiger partial charge in [-0.1, -0.05) is 30.5 Å². The number of carbonyl (C=O) groups is 1. The van der Waals surface area contributed by atoms with Crippen LogP contribution in [-0.4, -0.2) is 12.3 Å². The molecule has 0 amide bonds. The van der Waals surface area contributed by atoms with Crippen LogP contribution in [0.1, 0.15) is 25.7 Å². The number of terminal acetylenes is 1. The summed E-state index contributed by atoms with van der Waals surface area (Å²) in [6.07, 6.45) is 8.44. The van der Waals surface area contributed by atoms with Crippen molar-refractivity contribution in [1.82, 2.24) is 0 Å². The summed E-state index contributed by atoms with van der Waals surface area (Å²) in [4.78, 5) is 11.6. The lowest BCUT2D eigenvalue weighted by Gasteiger charge is -2.26. The number of hydrogen-bond acceptors (Lipinski definition) is 3. The third kappa shape index (κ3) is 3.27. The van der Waals surface area contributed by atoms with E-state index in [0.29, 0.717) is 5.75 Å². The van der Waals surface area contributed by atoms with Crippen LogP contribution in [0.3, 0.4) is 0 Å². The minimum Gasteiger partial charge on any atom is -0.429 e. The largest absolute Gasteiger partial charge is 0.514 e. The molecule has 0 spiro atoms. The second-order valence-electron chi connectivity index (χ2n) is 4.38. The maximum Gasteiger partial charge on any atom is 0.514 e. The van der Waals surface area contributed by atoms with Gasteiger partial charge in [0.2, 0.25) is 0 Å². The van der Waals surface area contributed by atoms with Gasteiger partial charge in [-0.15, -0.1) is 6.42 Å². The van der Waals surface area contributed by atoms with Crippen LogP contribution in [-0.2, 0) is 4.74 Å². The van der Waals surface area contributed by atoms with E-state index >= 15 is 0 Å². The first kappa shape index (κ1) is 12.5. The van der Waals surface area contributed by atoms with Crippen LogP contribution in [0.15, 0.2) is 30.3 Å². The second-order valence-corrected chi connectivity index (χ2v) is 4.38. The Morgan fingerprint density at radius 1 is 1.22 bits per heavy atom.